The van der Waals surface area contributed by atoms with E-state index in [1.807, 2.05) is 11.5 Å². The number of hydrogen-bond acceptors (Lipinski definition) is 7. The molecule has 0 aliphatic carbocycles. The minimum Gasteiger partial charge on any atom is -0.504 e. The number of aromatic hydroxyl groups is 2. The van der Waals surface area contributed by atoms with Gasteiger partial charge in [0, 0.05) is 12.1 Å². The molecule has 0 aliphatic heterocycles. The van der Waals surface area contributed by atoms with Crippen LogP contribution in [0.4, 0.5) is 0 Å². The van der Waals surface area contributed by atoms with Gasteiger partial charge < -0.3 is 14.8 Å². The number of nitrogens with two attached hydrogens (primary N) is 1. The zero-order valence-electron chi connectivity index (χ0n) is 14.3. The lowest BCUT2D eigenvalue weighted by Crippen LogP contribution is -2.11. The number of fused-ring (bicyclic) bond motifs is 1. The van der Waals surface area contributed by atoms with Crippen LogP contribution >= 0.6 is 11.8 Å². The first-order chi connectivity index (χ1) is 12.7. The number of hydrogen-bond donors (Lipinski definition) is 3. The zero-order valence-corrected chi connectivity index (χ0v) is 15.9. The van der Waals surface area contributed by atoms with Crippen LogP contribution in [0.2, 0.25) is 0 Å². The van der Waals surface area contributed by atoms with Crippen LogP contribution in [0.5, 0.6) is 11.5 Å². The summed E-state index contributed by atoms with van der Waals surface area (Å²) < 4.78 is 24.9. The summed E-state index contributed by atoms with van der Waals surface area (Å²) in [6.45, 7) is 2.50. The van der Waals surface area contributed by atoms with E-state index in [1.54, 1.807) is 6.07 Å². The Balaban J connectivity index is 1.87. The third-order valence-corrected chi connectivity index (χ3v) is 5.85. The summed E-state index contributed by atoms with van der Waals surface area (Å²) in [6, 6.07) is 8.35. The Kier molecular flexibility index (Phi) is 5.13. The van der Waals surface area contributed by atoms with E-state index >= 15 is 0 Å². The predicted octanol–water partition coefficient (Wildman–Crippen LogP) is 2.09. The minimum absolute atomic E-state index is 0.0250. The quantitative estimate of drug-likeness (QED) is 0.323. The fourth-order valence-corrected chi connectivity index (χ4v) is 4.10. The number of benzene rings is 2. The Bertz CT molecular complexity index is 1140. The van der Waals surface area contributed by atoms with Gasteiger partial charge in [-0.25, -0.2) is 18.5 Å². The van der Waals surface area contributed by atoms with Crippen molar-refractivity contribution in [3.8, 4) is 11.5 Å². The number of carbonyl (C=O) groups is 1. The van der Waals surface area contributed by atoms with Crippen molar-refractivity contribution < 1.29 is 23.4 Å². The van der Waals surface area contributed by atoms with Crippen LogP contribution in [0, 0.1) is 0 Å². The zero-order chi connectivity index (χ0) is 19.8. The number of aryl methyl sites for hydroxylation is 1. The van der Waals surface area contributed by atoms with Gasteiger partial charge in [-0.2, -0.15) is 0 Å². The molecule has 0 amide bonds. The van der Waals surface area contributed by atoms with Crippen LogP contribution in [0.15, 0.2) is 46.5 Å². The first kappa shape index (κ1) is 19.2. The summed E-state index contributed by atoms with van der Waals surface area (Å²) in [4.78, 5) is 16.7. The van der Waals surface area contributed by atoms with Crippen molar-refractivity contribution in [3.63, 3.8) is 0 Å². The summed E-state index contributed by atoms with van der Waals surface area (Å²) in [6.07, 6.45) is 0. The largest absolute Gasteiger partial charge is 0.504 e. The molecule has 3 rings (SSSR count). The van der Waals surface area contributed by atoms with Crippen molar-refractivity contribution in [1.29, 1.82) is 0 Å². The van der Waals surface area contributed by atoms with E-state index in [0.29, 0.717) is 17.2 Å². The Hall–Kier alpha value is -2.56. The van der Waals surface area contributed by atoms with Crippen molar-refractivity contribution in [2.24, 2.45) is 5.14 Å². The van der Waals surface area contributed by atoms with Gasteiger partial charge in [0.25, 0.3) is 0 Å². The van der Waals surface area contributed by atoms with Crippen LogP contribution in [0.1, 0.15) is 17.3 Å². The Labute approximate surface area is 159 Å². The van der Waals surface area contributed by atoms with Crippen molar-refractivity contribution in [1.82, 2.24) is 9.55 Å². The molecular formula is C17H17N3O5S2. The summed E-state index contributed by atoms with van der Waals surface area (Å²) in [5, 5.41) is 24.6. The van der Waals surface area contributed by atoms with Crippen LogP contribution in [0.3, 0.4) is 0 Å². The number of nitrogens with zero attached hydrogens (tertiary/aromatic N) is 2. The highest BCUT2D eigenvalue weighted by Crippen LogP contribution is 2.28. The molecule has 0 saturated heterocycles. The van der Waals surface area contributed by atoms with E-state index in [9.17, 15) is 23.4 Å². The van der Waals surface area contributed by atoms with Gasteiger partial charge in [-0.05, 0) is 43.3 Å². The third kappa shape index (κ3) is 3.92. The number of ketones is 1. The monoisotopic (exact) mass is 407 g/mol. The van der Waals surface area contributed by atoms with Crippen molar-refractivity contribution in [3.05, 3.63) is 42.0 Å². The van der Waals surface area contributed by atoms with Gasteiger partial charge in [0.05, 0.1) is 21.7 Å². The second-order valence-electron chi connectivity index (χ2n) is 5.75. The van der Waals surface area contributed by atoms with Gasteiger partial charge in [-0.1, -0.05) is 11.8 Å². The lowest BCUT2D eigenvalue weighted by atomic mass is 10.1. The first-order valence-corrected chi connectivity index (χ1v) is 10.4. The molecule has 0 unspecified atom stereocenters. The number of phenols is 2. The van der Waals surface area contributed by atoms with Gasteiger partial charge in [-0.3, -0.25) is 4.79 Å². The van der Waals surface area contributed by atoms with E-state index in [4.69, 9.17) is 5.14 Å². The standard InChI is InChI=1S/C17H17N3O5S2/c1-2-20-13-5-4-11(27(18,24)25)8-12(13)19-17(20)26-9-16(23)10-3-6-14(21)15(22)7-10/h3-8,21-22H,2,9H2,1H3,(H2,18,24,25). The highest BCUT2D eigenvalue weighted by molar-refractivity contribution is 7.99. The molecule has 2 aromatic carbocycles. The van der Waals surface area contributed by atoms with Gasteiger partial charge >= 0.3 is 0 Å². The third-order valence-electron chi connectivity index (χ3n) is 3.96. The molecule has 4 N–H and O–H groups in total. The molecule has 0 radical (unpaired) electrons. The molecule has 0 spiro atoms. The maximum atomic E-state index is 12.3. The van der Waals surface area contributed by atoms with Crippen LogP contribution in [-0.2, 0) is 16.6 Å². The van der Waals surface area contributed by atoms with Gasteiger partial charge in [0.2, 0.25) is 10.0 Å². The van der Waals surface area contributed by atoms with Gasteiger partial charge in [0.15, 0.2) is 22.4 Å². The van der Waals surface area contributed by atoms with Crippen molar-refractivity contribution >= 4 is 38.6 Å². The second kappa shape index (κ2) is 7.22. The minimum atomic E-state index is -3.83. The second-order valence-corrected chi connectivity index (χ2v) is 8.25. The number of aromatic nitrogens is 2. The molecule has 0 aliphatic rings. The number of thioether (sulfide) groups is 1. The highest BCUT2D eigenvalue weighted by Gasteiger charge is 2.16. The average Bonchev–Trinajstić information content (AvgIpc) is 2.97. The lowest BCUT2D eigenvalue weighted by molar-refractivity contribution is 0.102. The average molecular weight is 407 g/mol. The molecular weight excluding hydrogens is 390 g/mol. The predicted molar refractivity (Wildman–Crippen MR) is 102 cm³/mol. The molecule has 1 aromatic heterocycles. The van der Waals surface area contributed by atoms with Crippen molar-refractivity contribution in [2.75, 3.05) is 5.75 Å². The van der Waals surface area contributed by atoms with E-state index in [2.05, 4.69) is 4.98 Å². The molecule has 27 heavy (non-hydrogen) atoms. The number of primary sulfonamides is 1. The Morgan fingerprint density at radius 1 is 1.19 bits per heavy atom. The summed E-state index contributed by atoms with van der Waals surface area (Å²) in [5.41, 5.74) is 1.48. The molecule has 10 heteroatoms. The van der Waals surface area contributed by atoms with E-state index in [1.165, 1.54) is 42.1 Å². The number of carbonyl (C=O) groups excluding carboxylic acids is 1. The molecule has 0 fully saturated rings. The molecule has 0 bridgehead atoms. The van der Waals surface area contributed by atoms with E-state index in [0.717, 1.165) is 5.52 Å². The maximum Gasteiger partial charge on any atom is 0.238 e. The highest BCUT2D eigenvalue weighted by atomic mass is 32.2. The number of rotatable bonds is 6. The lowest BCUT2D eigenvalue weighted by Gasteiger charge is -2.06. The summed E-state index contributed by atoms with van der Waals surface area (Å²) >= 11 is 1.20. The first-order valence-electron chi connectivity index (χ1n) is 7.91. The number of Topliss-reactive ketones (excluding diaryl/α,β-unsaturated/α-hetero) is 1. The summed E-state index contributed by atoms with van der Waals surface area (Å²) in [5.74, 6) is -0.828. The molecule has 0 atom stereocenters. The fraction of sp³-hybridized carbons (Fsp3) is 0.176. The maximum absolute atomic E-state index is 12.3. The Morgan fingerprint density at radius 3 is 2.56 bits per heavy atom. The molecule has 3 aromatic rings. The van der Waals surface area contributed by atoms with Crippen LogP contribution in [-0.4, -0.2) is 39.7 Å². The topological polar surface area (TPSA) is 136 Å². The summed E-state index contributed by atoms with van der Waals surface area (Å²) in [7, 11) is -3.83. The van der Waals surface area contributed by atoms with Crippen molar-refractivity contribution in [2.45, 2.75) is 23.5 Å². The van der Waals surface area contributed by atoms with Crippen LogP contribution in [0.25, 0.3) is 11.0 Å². The molecule has 1 heterocycles. The molecule has 0 saturated carbocycles. The van der Waals surface area contributed by atoms with E-state index < -0.39 is 10.0 Å². The molecule has 142 valence electrons. The number of phenolic OH excluding ortho intramolecular Hbond substituents is 2. The Morgan fingerprint density at radius 2 is 1.93 bits per heavy atom. The fourth-order valence-electron chi connectivity index (χ4n) is 2.59. The normalized spacial score (nSPS) is 11.8. The van der Waals surface area contributed by atoms with Gasteiger partial charge in [-0.15, -0.1) is 0 Å². The smallest absolute Gasteiger partial charge is 0.238 e. The molecule has 8 nitrogen and oxygen atoms in total. The van der Waals surface area contributed by atoms with E-state index in [-0.39, 0.29) is 33.5 Å². The number of imidazole rings is 1. The number of sulfonamides is 1. The SMILES string of the molecule is CCn1c(SCC(=O)c2ccc(O)c(O)c2)nc2cc(S(N)(=O)=O)ccc21. The van der Waals surface area contributed by atoms with Gasteiger partial charge in [0.1, 0.15) is 0 Å². The van der Waals surface area contributed by atoms with Crippen LogP contribution < -0.4 is 5.14 Å².